The van der Waals surface area contributed by atoms with Crippen LogP contribution in [-0.4, -0.2) is 53.3 Å². The molecule has 1 aromatic rings. The van der Waals surface area contributed by atoms with Crippen molar-refractivity contribution in [3.05, 3.63) is 23.8 Å². The molecule has 29 heavy (non-hydrogen) atoms. The van der Waals surface area contributed by atoms with E-state index < -0.39 is 0 Å². The maximum atomic E-state index is 12.4. The van der Waals surface area contributed by atoms with Crippen LogP contribution in [-0.2, 0) is 16.1 Å². The molecular weight excluding hydrogens is 368 g/mol. The van der Waals surface area contributed by atoms with Crippen molar-refractivity contribution in [2.45, 2.75) is 70.5 Å². The second-order valence-corrected chi connectivity index (χ2v) is 8.27. The first kappa shape index (κ1) is 19.7. The number of ether oxygens (including phenoxy) is 1. The van der Waals surface area contributed by atoms with Gasteiger partial charge in [-0.05, 0) is 44.4 Å². The molecule has 1 aliphatic carbocycles. The lowest BCUT2D eigenvalue weighted by atomic mass is 9.94. The van der Waals surface area contributed by atoms with E-state index >= 15 is 0 Å². The van der Waals surface area contributed by atoms with Crippen LogP contribution in [0.2, 0.25) is 0 Å². The fourth-order valence-corrected chi connectivity index (χ4v) is 4.36. The molecule has 1 atom stereocenters. The summed E-state index contributed by atoms with van der Waals surface area (Å²) in [6, 6.07) is 6.01. The summed E-state index contributed by atoms with van der Waals surface area (Å²) in [5.41, 5.74) is 1.91. The summed E-state index contributed by atoms with van der Waals surface area (Å²) in [6.45, 7) is 3.03. The molecule has 0 unspecified atom stereocenters. The minimum Gasteiger partial charge on any atom is -0.494 e. The van der Waals surface area contributed by atoms with E-state index in [0.717, 1.165) is 29.8 Å². The summed E-state index contributed by atoms with van der Waals surface area (Å²) in [4.78, 5) is 32.7. The normalized spacial score (nSPS) is 21.2. The van der Waals surface area contributed by atoms with Gasteiger partial charge in [0.2, 0.25) is 17.8 Å². The first-order chi connectivity index (χ1) is 14.0. The Bertz CT molecular complexity index is 816. The Morgan fingerprint density at radius 3 is 2.90 bits per heavy atom. The Balaban J connectivity index is 1.26. The molecule has 156 valence electrons. The SMILES string of the molecule is C[C@H]1C(=O)NC2=Nc3ccc(OCCCC(=O)N(C)C4CCCCC4)cc3CN21. The van der Waals surface area contributed by atoms with Crippen molar-refractivity contribution in [3.8, 4) is 5.75 Å². The third-order valence-corrected chi connectivity index (χ3v) is 6.29. The van der Waals surface area contributed by atoms with Crippen LogP contribution in [0.15, 0.2) is 23.2 Å². The lowest BCUT2D eigenvalue weighted by molar-refractivity contribution is -0.132. The number of hydrogen-bond donors (Lipinski definition) is 1. The number of fused-ring (bicyclic) bond motifs is 2. The highest BCUT2D eigenvalue weighted by atomic mass is 16.5. The predicted molar refractivity (Wildman–Crippen MR) is 111 cm³/mol. The molecule has 2 heterocycles. The van der Waals surface area contributed by atoms with E-state index in [1.54, 1.807) is 0 Å². The van der Waals surface area contributed by atoms with Crippen molar-refractivity contribution < 1.29 is 14.3 Å². The molecule has 3 aliphatic rings. The van der Waals surface area contributed by atoms with Gasteiger partial charge >= 0.3 is 0 Å². The van der Waals surface area contributed by atoms with Crippen LogP contribution in [0.3, 0.4) is 0 Å². The van der Waals surface area contributed by atoms with Gasteiger partial charge in [0.15, 0.2) is 0 Å². The Morgan fingerprint density at radius 2 is 2.10 bits per heavy atom. The predicted octanol–water partition coefficient (Wildman–Crippen LogP) is 2.96. The molecule has 0 bridgehead atoms. The van der Waals surface area contributed by atoms with E-state index in [1.165, 1.54) is 19.3 Å². The number of guanidine groups is 1. The highest BCUT2D eigenvalue weighted by Crippen LogP contribution is 2.32. The van der Waals surface area contributed by atoms with Gasteiger partial charge in [-0.2, -0.15) is 0 Å². The van der Waals surface area contributed by atoms with Gasteiger partial charge in [0, 0.05) is 31.6 Å². The van der Waals surface area contributed by atoms with E-state index in [4.69, 9.17) is 4.74 Å². The molecule has 4 rings (SSSR count). The fraction of sp³-hybridized carbons (Fsp3) is 0.591. The summed E-state index contributed by atoms with van der Waals surface area (Å²) < 4.78 is 5.89. The van der Waals surface area contributed by atoms with Crippen LogP contribution in [0, 0.1) is 0 Å². The largest absolute Gasteiger partial charge is 0.494 e. The lowest BCUT2D eigenvalue weighted by Gasteiger charge is -2.31. The molecule has 1 saturated heterocycles. The molecule has 2 amide bonds. The van der Waals surface area contributed by atoms with Gasteiger partial charge in [0.05, 0.1) is 12.3 Å². The fourth-order valence-electron chi connectivity index (χ4n) is 4.36. The number of carbonyl (C=O) groups excluding carboxylic acids is 2. The maximum Gasteiger partial charge on any atom is 0.249 e. The number of benzene rings is 1. The minimum atomic E-state index is -0.210. The van der Waals surface area contributed by atoms with Crippen molar-refractivity contribution in [1.29, 1.82) is 0 Å². The summed E-state index contributed by atoms with van der Waals surface area (Å²) in [5.74, 6) is 1.61. The quantitative estimate of drug-likeness (QED) is 0.748. The average molecular weight is 399 g/mol. The van der Waals surface area contributed by atoms with Crippen LogP contribution in [0.1, 0.15) is 57.4 Å². The van der Waals surface area contributed by atoms with Gasteiger partial charge < -0.3 is 14.5 Å². The zero-order valence-electron chi connectivity index (χ0n) is 17.3. The molecule has 1 aromatic carbocycles. The first-order valence-electron chi connectivity index (χ1n) is 10.7. The molecule has 1 saturated carbocycles. The highest BCUT2D eigenvalue weighted by molar-refractivity contribution is 6.07. The summed E-state index contributed by atoms with van der Waals surface area (Å²) >= 11 is 0. The Kier molecular flexibility index (Phi) is 5.74. The van der Waals surface area contributed by atoms with Gasteiger partial charge in [-0.15, -0.1) is 0 Å². The van der Waals surface area contributed by atoms with E-state index in [0.29, 0.717) is 38.0 Å². The Labute approximate surface area is 172 Å². The summed E-state index contributed by atoms with van der Waals surface area (Å²) in [7, 11) is 1.94. The standard InChI is InChI=1S/C22H30N4O3/c1-15-21(28)24-22-23-19-11-10-18(13-16(19)14-26(15)22)29-12-6-9-20(27)25(2)17-7-4-3-5-8-17/h10-11,13,15,17H,3-9,12,14H2,1-2H3,(H,23,24,28)/t15-/m0/s1. The number of amides is 2. The maximum absolute atomic E-state index is 12.4. The van der Waals surface area contributed by atoms with E-state index in [9.17, 15) is 9.59 Å². The number of nitrogens with one attached hydrogen (secondary N) is 1. The molecule has 0 radical (unpaired) electrons. The molecule has 1 N–H and O–H groups in total. The summed E-state index contributed by atoms with van der Waals surface area (Å²) in [6.07, 6.45) is 7.25. The number of aliphatic imine (C=N–C) groups is 1. The second kappa shape index (κ2) is 8.43. The van der Waals surface area contributed by atoms with Crippen molar-refractivity contribution in [2.24, 2.45) is 4.99 Å². The third kappa shape index (κ3) is 4.23. The second-order valence-electron chi connectivity index (χ2n) is 8.27. The molecular formula is C22H30N4O3. The molecule has 7 nitrogen and oxygen atoms in total. The highest BCUT2D eigenvalue weighted by Gasteiger charge is 2.35. The first-order valence-corrected chi connectivity index (χ1v) is 10.7. The number of nitrogens with zero attached hydrogens (tertiary/aromatic N) is 3. The Morgan fingerprint density at radius 1 is 1.31 bits per heavy atom. The molecule has 2 aliphatic heterocycles. The number of carbonyl (C=O) groups is 2. The van der Waals surface area contributed by atoms with Crippen LogP contribution in [0.5, 0.6) is 5.75 Å². The lowest BCUT2D eigenvalue weighted by Crippen LogP contribution is -2.38. The van der Waals surface area contributed by atoms with Crippen LogP contribution >= 0.6 is 0 Å². The molecule has 2 fully saturated rings. The number of rotatable bonds is 6. The average Bonchev–Trinajstić information content (AvgIpc) is 3.02. The topological polar surface area (TPSA) is 74.2 Å². The number of hydrogen-bond acceptors (Lipinski definition) is 5. The van der Waals surface area contributed by atoms with Gasteiger partial charge in [0.1, 0.15) is 11.8 Å². The summed E-state index contributed by atoms with van der Waals surface area (Å²) in [5, 5.41) is 2.82. The van der Waals surface area contributed by atoms with E-state index in [1.807, 2.05) is 42.0 Å². The molecule has 0 aromatic heterocycles. The van der Waals surface area contributed by atoms with E-state index in [-0.39, 0.29) is 17.9 Å². The van der Waals surface area contributed by atoms with Crippen LogP contribution in [0.4, 0.5) is 5.69 Å². The zero-order chi connectivity index (χ0) is 20.4. The van der Waals surface area contributed by atoms with Gasteiger partial charge in [-0.25, -0.2) is 4.99 Å². The van der Waals surface area contributed by atoms with Crippen molar-refractivity contribution in [2.75, 3.05) is 13.7 Å². The van der Waals surface area contributed by atoms with Crippen LogP contribution in [0.25, 0.3) is 0 Å². The molecule has 0 spiro atoms. The van der Waals surface area contributed by atoms with Gasteiger partial charge in [0.25, 0.3) is 0 Å². The third-order valence-electron chi connectivity index (χ3n) is 6.29. The van der Waals surface area contributed by atoms with Gasteiger partial charge in [-0.1, -0.05) is 19.3 Å². The minimum absolute atomic E-state index is 0.0177. The smallest absolute Gasteiger partial charge is 0.249 e. The Hall–Kier alpha value is -2.57. The van der Waals surface area contributed by atoms with Gasteiger partial charge in [-0.3, -0.25) is 14.9 Å². The van der Waals surface area contributed by atoms with Crippen molar-refractivity contribution in [3.63, 3.8) is 0 Å². The van der Waals surface area contributed by atoms with Crippen molar-refractivity contribution >= 4 is 23.5 Å². The zero-order valence-corrected chi connectivity index (χ0v) is 17.3. The van der Waals surface area contributed by atoms with E-state index in [2.05, 4.69) is 10.3 Å². The van der Waals surface area contributed by atoms with Crippen LogP contribution < -0.4 is 10.1 Å². The monoisotopic (exact) mass is 398 g/mol. The molecule has 7 heteroatoms. The van der Waals surface area contributed by atoms with Crippen molar-refractivity contribution in [1.82, 2.24) is 15.1 Å².